The number of halogens is 2. The molecule has 8 nitrogen and oxygen atoms in total. The lowest BCUT2D eigenvalue weighted by atomic mass is 9.90. The summed E-state index contributed by atoms with van der Waals surface area (Å²) in [6.07, 6.45) is 0.378. The number of imidazole rings is 1. The van der Waals surface area contributed by atoms with Gasteiger partial charge in [-0.1, -0.05) is 96.9 Å². The summed E-state index contributed by atoms with van der Waals surface area (Å²) in [7, 11) is 0. The predicted molar refractivity (Wildman–Crippen MR) is 154 cm³/mol. The second-order valence-electron chi connectivity index (χ2n) is 9.72. The van der Waals surface area contributed by atoms with Gasteiger partial charge in [0, 0.05) is 23.7 Å². The minimum absolute atomic E-state index is 0.0275. The molecular formula is C30H30Cl2N4O4. The molecule has 3 N–H and O–H groups in total. The number of carbonyl (C=O) groups is 1. The zero-order valence-electron chi connectivity index (χ0n) is 21.8. The van der Waals surface area contributed by atoms with Crippen molar-refractivity contribution in [1.29, 1.82) is 0 Å². The van der Waals surface area contributed by atoms with Gasteiger partial charge in [0.15, 0.2) is 11.4 Å². The van der Waals surface area contributed by atoms with E-state index in [4.69, 9.17) is 32.7 Å². The molecule has 0 spiro atoms. The third-order valence-electron chi connectivity index (χ3n) is 6.97. The SMILES string of the molecule is CC1C(Cn2cnc(Cl)c2Cl)OC(c2ccc(NC(=O)NCc3ccccc3)cc2)OC1c1ccc(CO)cc1. The number of urea groups is 1. The van der Waals surface area contributed by atoms with Crippen molar-refractivity contribution < 1.29 is 19.4 Å². The highest BCUT2D eigenvalue weighted by atomic mass is 35.5. The first-order valence-electron chi connectivity index (χ1n) is 13.0. The van der Waals surface area contributed by atoms with Crippen molar-refractivity contribution in [1.82, 2.24) is 14.9 Å². The van der Waals surface area contributed by atoms with Crippen molar-refractivity contribution in [3.05, 3.63) is 118 Å². The fraction of sp³-hybridized carbons (Fsp3) is 0.267. The minimum Gasteiger partial charge on any atom is -0.392 e. The topological polar surface area (TPSA) is 97.6 Å². The Hall–Kier alpha value is -3.40. The molecule has 1 saturated heterocycles. The average molecular weight is 582 g/mol. The lowest BCUT2D eigenvalue weighted by molar-refractivity contribution is -0.276. The standard InChI is InChI=1S/C30H30Cl2N4O4/c1-19-25(16-36-18-34-27(31)28(36)32)39-29(40-26(19)22-9-7-21(17-37)8-10-22)23-11-13-24(14-12-23)35-30(38)33-15-20-5-3-2-4-6-20/h2-14,18-19,25-26,29,37H,15-17H2,1H3,(H2,33,35,38). The van der Waals surface area contributed by atoms with Crippen LogP contribution in [0, 0.1) is 5.92 Å². The van der Waals surface area contributed by atoms with Gasteiger partial charge in [-0.2, -0.15) is 0 Å². The second kappa shape index (κ2) is 12.8. The van der Waals surface area contributed by atoms with Crippen LogP contribution in [0.1, 0.15) is 41.6 Å². The molecule has 4 unspecified atom stereocenters. The number of ether oxygens (including phenoxy) is 2. The van der Waals surface area contributed by atoms with E-state index in [1.165, 1.54) is 0 Å². The number of aliphatic hydroxyl groups excluding tert-OH is 1. The molecule has 1 aromatic heterocycles. The summed E-state index contributed by atoms with van der Waals surface area (Å²) in [6, 6.07) is 24.5. The van der Waals surface area contributed by atoms with E-state index in [0.717, 1.165) is 22.3 Å². The van der Waals surface area contributed by atoms with Gasteiger partial charge in [0.2, 0.25) is 0 Å². The van der Waals surface area contributed by atoms with Gasteiger partial charge in [-0.15, -0.1) is 0 Å². The molecule has 2 heterocycles. The molecule has 0 saturated carbocycles. The van der Waals surface area contributed by atoms with E-state index in [-0.39, 0.29) is 35.9 Å². The smallest absolute Gasteiger partial charge is 0.319 e. The van der Waals surface area contributed by atoms with Crippen LogP contribution < -0.4 is 10.6 Å². The molecule has 4 atom stereocenters. The fourth-order valence-corrected chi connectivity index (χ4v) is 4.98. The van der Waals surface area contributed by atoms with E-state index in [1.54, 1.807) is 10.9 Å². The lowest BCUT2D eigenvalue weighted by Crippen LogP contribution is -2.39. The van der Waals surface area contributed by atoms with Crippen LogP contribution in [0.4, 0.5) is 10.5 Å². The van der Waals surface area contributed by atoms with E-state index >= 15 is 0 Å². The molecule has 2 amide bonds. The first-order chi connectivity index (χ1) is 19.4. The van der Waals surface area contributed by atoms with Gasteiger partial charge < -0.3 is 29.8 Å². The highest BCUT2D eigenvalue weighted by molar-refractivity contribution is 6.40. The van der Waals surface area contributed by atoms with Crippen LogP contribution in [-0.4, -0.2) is 26.8 Å². The van der Waals surface area contributed by atoms with Gasteiger partial charge in [0.05, 0.1) is 31.7 Å². The Bertz CT molecular complexity index is 1410. The Morgan fingerprint density at radius 1 is 0.950 bits per heavy atom. The first kappa shape index (κ1) is 28.1. The van der Waals surface area contributed by atoms with E-state index < -0.39 is 6.29 Å². The number of rotatable bonds is 8. The van der Waals surface area contributed by atoms with Gasteiger partial charge in [-0.25, -0.2) is 9.78 Å². The molecule has 1 aliphatic heterocycles. The Kier molecular flexibility index (Phi) is 9.04. The number of hydrogen-bond donors (Lipinski definition) is 3. The number of hydrogen-bond acceptors (Lipinski definition) is 5. The third kappa shape index (κ3) is 6.66. The van der Waals surface area contributed by atoms with Crippen LogP contribution in [0.15, 0.2) is 85.2 Å². The van der Waals surface area contributed by atoms with Gasteiger partial charge >= 0.3 is 6.03 Å². The average Bonchev–Trinajstić information content (AvgIpc) is 3.30. The Balaban J connectivity index is 1.31. The van der Waals surface area contributed by atoms with Crippen LogP contribution >= 0.6 is 23.2 Å². The largest absolute Gasteiger partial charge is 0.392 e. The minimum atomic E-state index is -0.664. The quantitative estimate of drug-likeness (QED) is 0.221. The fourth-order valence-electron chi connectivity index (χ4n) is 4.67. The summed E-state index contributed by atoms with van der Waals surface area (Å²) in [5, 5.41) is 15.8. The maximum absolute atomic E-state index is 12.4. The molecule has 0 bridgehead atoms. The van der Waals surface area contributed by atoms with Gasteiger partial charge in [-0.3, -0.25) is 0 Å². The number of aromatic nitrogens is 2. The molecule has 0 aliphatic carbocycles. The maximum atomic E-state index is 12.4. The molecule has 1 aliphatic rings. The summed E-state index contributed by atoms with van der Waals surface area (Å²) in [5.41, 5.74) is 4.27. The summed E-state index contributed by atoms with van der Waals surface area (Å²) in [6.45, 7) is 2.91. The van der Waals surface area contributed by atoms with Crippen molar-refractivity contribution in [3.8, 4) is 0 Å². The normalized spacial score (nSPS) is 20.7. The molecule has 5 rings (SSSR count). The Labute approximate surface area is 242 Å². The van der Waals surface area contributed by atoms with Gasteiger partial charge in [0.1, 0.15) is 5.15 Å². The molecule has 3 aromatic carbocycles. The predicted octanol–water partition coefficient (Wildman–Crippen LogP) is 6.50. The summed E-state index contributed by atoms with van der Waals surface area (Å²) < 4.78 is 14.7. The van der Waals surface area contributed by atoms with Crippen LogP contribution in [0.5, 0.6) is 0 Å². The van der Waals surface area contributed by atoms with E-state index in [0.29, 0.717) is 23.9 Å². The molecule has 10 heteroatoms. The molecular weight excluding hydrogens is 551 g/mol. The van der Waals surface area contributed by atoms with Crippen molar-refractivity contribution in [2.24, 2.45) is 5.92 Å². The molecule has 0 radical (unpaired) electrons. The first-order valence-corrected chi connectivity index (χ1v) is 13.7. The van der Waals surface area contributed by atoms with Crippen molar-refractivity contribution in [2.75, 3.05) is 5.32 Å². The van der Waals surface area contributed by atoms with Crippen LogP contribution in [0.25, 0.3) is 0 Å². The summed E-state index contributed by atoms with van der Waals surface area (Å²) in [5.74, 6) is -0.0391. The van der Waals surface area contributed by atoms with E-state index in [9.17, 15) is 9.90 Å². The lowest BCUT2D eigenvalue weighted by Gasteiger charge is -2.41. The van der Waals surface area contributed by atoms with E-state index in [2.05, 4.69) is 22.5 Å². The maximum Gasteiger partial charge on any atom is 0.319 e. The summed E-state index contributed by atoms with van der Waals surface area (Å²) in [4.78, 5) is 16.5. The second-order valence-corrected chi connectivity index (χ2v) is 10.4. The number of carbonyl (C=O) groups excluding carboxylic acids is 1. The monoisotopic (exact) mass is 580 g/mol. The number of amides is 2. The highest BCUT2D eigenvalue weighted by Gasteiger charge is 2.38. The molecule has 4 aromatic rings. The zero-order chi connectivity index (χ0) is 28.1. The number of anilines is 1. The number of nitrogens with one attached hydrogen (secondary N) is 2. The van der Waals surface area contributed by atoms with Gasteiger partial charge in [-0.05, 0) is 28.8 Å². The highest BCUT2D eigenvalue weighted by Crippen LogP contribution is 2.42. The zero-order valence-corrected chi connectivity index (χ0v) is 23.3. The third-order valence-corrected chi connectivity index (χ3v) is 7.74. The molecule has 208 valence electrons. The molecule has 40 heavy (non-hydrogen) atoms. The van der Waals surface area contributed by atoms with E-state index in [1.807, 2.05) is 78.9 Å². The summed E-state index contributed by atoms with van der Waals surface area (Å²) >= 11 is 12.4. The Morgan fingerprint density at radius 2 is 1.65 bits per heavy atom. The van der Waals surface area contributed by atoms with Crippen LogP contribution in [0.2, 0.25) is 10.3 Å². The van der Waals surface area contributed by atoms with Crippen LogP contribution in [0.3, 0.4) is 0 Å². The number of aliphatic hydroxyl groups is 1. The van der Waals surface area contributed by atoms with Crippen LogP contribution in [-0.2, 0) is 29.2 Å². The van der Waals surface area contributed by atoms with Crippen molar-refractivity contribution in [3.63, 3.8) is 0 Å². The Morgan fingerprint density at radius 3 is 2.30 bits per heavy atom. The number of benzene rings is 3. The van der Waals surface area contributed by atoms with Crippen molar-refractivity contribution >= 4 is 34.9 Å². The number of nitrogens with zero attached hydrogens (tertiary/aromatic N) is 2. The molecule has 1 fully saturated rings. The van der Waals surface area contributed by atoms with Crippen molar-refractivity contribution in [2.45, 2.75) is 45.1 Å². The van der Waals surface area contributed by atoms with Gasteiger partial charge in [0.25, 0.3) is 0 Å².